The maximum Gasteiger partial charge on any atom is 0.170 e. The third kappa shape index (κ3) is 1.67. The largest absolute Gasteiger partial charge is 0.393 e. The van der Waals surface area contributed by atoms with Crippen molar-refractivity contribution in [2.45, 2.75) is 57.8 Å². The first-order valence-electron chi connectivity index (χ1n) is 9.35. The van der Waals surface area contributed by atoms with E-state index in [0.29, 0.717) is 19.3 Å². The molecule has 0 aromatic rings. The average molecular weight is 362 g/mol. The molecule has 1 spiro atoms. The molecule has 4 fully saturated rings. The van der Waals surface area contributed by atoms with Crippen LogP contribution in [0.5, 0.6) is 0 Å². The van der Waals surface area contributed by atoms with E-state index in [-0.39, 0.29) is 12.0 Å². The van der Waals surface area contributed by atoms with Crippen LogP contribution >= 0.6 is 0 Å². The zero-order valence-corrected chi connectivity index (χ0v) is 15.1. The highest BCUT2D eigenvalue weighted by atomic mass is 16.3. The summed E-state index contributed by atoms with van der Waals surface area (Å²) in [7, 11) is 0. The van der Waals surface area contributed by atoms with Crippen LogP contribution in [0.25, 0.3) is 0 Å². The van der Waals surface area contributed by atoms with Crippen molar-refractivity contribution >= 4 is 17.9 Å². The molecule has 0 aliphatic heterocycles. The summed E-state index contributed by atoms with van der Waals surface area (Å²) < 4.78 is 0. The molecule has 4 aliphatic rings. The summed E-state index contributed by atoms with van der Waals surface area (Å²) in [6.45, 7) is 7.54. The highest BCUT2D eigenvalue weighted by Gasteiger charge is 2.79. The fourth-order valence-electron chi connectivity index (χ4n) is 7.12. The van der Waals surface area contributed by atoms with Crippen molar-refractivity contribution in [3.63, 3.8) is 0 Å². The van der Waals surface area contributed by atoms with Gasteiger partial charge in [-0.2, -0.15) is 0 Å². The number of Topliss-reactive ketones (excluding diaryl/α,β-unsaturated/α-hetero) is 2. The quantitative estimate of drug-likeness (QED) is 0.461. The number of carbonyl (C=O) groups is 3. The molecule has 8 atom stereocenters. The molecule has 6 nitrogen and oxygen atoms in total. The smallest absolute Gasteiger partial charge is 0.170 e. The second-order valence-corrected chi connectivity index (χ2v) is 9.43. The van der Waals surface area contributed by atoms with Gasteiger partial charge in [-0.3, -0.25) is 9.59 Å². The van der Waals surface area contributed by atoms with E-state index >= 15 is 0 Å². The second-order valence-electron chi connectivity index (χ2n) is 9.43. The fourth-order valence-corrected chi connectivity index (χ4v) is 7.12. The molecule has 0 aromatic carbocycles. The summed E-state index contributed by atoms with van der Waals surface area (Å²) >= 11 is 0. The first kappa shape index (κ1) is 18.0. The molecular weight excluding hydrogens is 336 g/mol. The van der Waals surface area contributed by atoms with Crippen LogP contribution in [0.3, 0.4) is 0 Å². The second kappa shape index (κ2) is 5.12. The fraction of sp³-hybridized carbons (Fsp3) is 0.750. The van der Waals surface area contributed by atoms with Crippen LogP contribution < -0.4 is 0 Å². The highest BCUT2D eigenvalue weighted by molar-refractivity contribution is 6.09. The predicted molar refractivity (Wildman–Crippen MR) is 90.8 cm³/mol. The third-order valence-corrected chi connectivity index (χ3v) is 7.95. The summed E-state index contributed by atoms with van der Waals surface area (Å²) in [6, 6.07) is 0. The van der Waals surface area contributed by atoms with Gasteiger partial charge in [-0.05, 0) is 30.3 Å². The van der Waals surface area contributed by atoms with E-state index in [2.05, 4.69) is 6.58 Å². The maximum absolute atomic E-state index is 13.3. The van der Waals surface area contributed by atoms with Crippen molar-refractivity contribution in [1.82, 2.24) is 0 Å². The first-order chi connectivity index (χ1) is 12.1. The summed E-state index contributed by atoms with van der Waals surface area (Å²) in [5.74, 6) is -3.59. The minimum Gasteiger partial charge on any atom is -0.393 e. The molecule has 0 aromatic heterocycles. The van der Waals surface area contributed by atoms with Crippen LogP contribution in [0.15, 0.2) is 12.2 Å². The molecule has 26 heavy (non-hydrogen) atoms. The summed E-state index contributed by atoms with van der Waals surface area (Å²) in [5, 5.41) is 32.9. The van der Waals surface area contributed by atoms with Gasteiger partial charge in [0.05, 0.1) is 17.6 Å². The average Bonchev–Trinajstić information content (AvgIpc) is 2.69. The lowest BCUT2D eigenvalue weighted by molar-refractivity contribution is -0.235. The van der Waals surface area contributed by atoms with Crippen molar-refractivity contribution in [1.29, 1.82) is 0 Å². The van der Waals surface area contributed by atoms with Crippen molar-refractivity contribution in [3.8, 4) is 0 Å². The molecule has 0 saturated heterocycles. The summed E-state index contributed by atoms with van der Waals surface area (Å²) in [5.41, 5.74) is -3.52. The number of rotatable bonds is 1. The molecule has 4 rings (SSSR count). The van der Waals surface area contributed by atoms with E-state index in [4.69, 9.17) is 0 Å². The van der Waals surface area contributed by atoms with Gasteiger partial charge in [-0.1, -0.05) is 26.8 Å². The van der Waals surface area contributed by atoms with E-state index < -0.39 is 63.9 Å². The van der Waals surface area contributed by atoms with Gasteiger partial charge < -0.3 is 20.1 Å². The molecule has 4 aliphatic carbocycles. The number of fused-ring (bicyclic) bond motifs is 3. The standard InChI is InChI=1S/C20H26O6/c1-9-10-7-11(22)13-19(8-21)6-4-5-18(2,3)14(19)12(23)17(26)20(13,15(9)24)16(10)25/h8,10-11,13-14,16-17,22,25-26H,1,4-7H2,2-3H3. The molecule has 3 N–H and O–H groups in total. The van der Waals surface area contributed by atoms with Crippen molar-refractivity contribution in [2.75, 3.05) is 0 Å². The first-order valence-corrected chi connectivity index (χ1v) is 9.35. The van der Waals surface area contributed by atoms with Gasteiger partial charge in [0.15, 0.2) is 11.6 Å². The number of hydrogen-bond acceptors (Lipinski definition) is 6. The molecular formula is C20H26O6. The van der Waals surface area contributed by atoms with Crippen molar-refractivity contribution in [2.24, 2.45) is 34.0 Å². The summed E-state index contributed by atoms with van der Waals surface area (Å²) in [6.07, 6.45) is -1.51. The monoisotopic (exact) mass is 362 g/mol. The number of aldehydes is 1. The molecule has 0 radical (unpaired) electrons. The van der Waals surface area contributed by atoms with E-state index in [1.54, 1.807) is 0 Å². The van der Waals surface area contributed by atoms with Crippen LogP contribution in [0.4, 0.5) is 0 Å². The van der Waals surface area contributed by atoms with Gasteiger partial charge in [-0.25, -0.2) is 0 Å². The van der Waals surface area contributed by atoms with Gasteiger partial charge in [0.1, 0.15) is 12.4 Å². The molecule has 8 unspecified atom stereocenters. The lowest BCUT2D eigenvalue weighted by atomic mass is 9.38. The molecule has 142 valence electrons. The van der Waals surface area contributed by atoms with Crippen LogP contribution in [-0.2, 0) is 14.4 Å². The number of aliphatic hydroxyl groups excluding tert-OH is 3. The minimum atomic E-state index is -1.86. The Morgan fingerprint density at radius 2 is 1.81 bits per heavy atom. The SMILES string of the molecule is C=C1C(=O)C23C(O)C(=O)C4C(C)(C)CCCC4(C=O)C2C(O)CC1C3O. The molecule has 2 bridgehead atoms. The van der Waals surface area contributed by atoms with E-state index in [1.165, 1.54) is 0 Å². The number of aliphatic hydroxyl groups is 3. The normalized spacial score (nSPS) is 52.4. The van der Waals surface area contributed by atoms with Crippen LogP contribution in [0.1, 0.15) is 39.5 Å². The Morgan fingerprint density at radius 1 is 1.15 bits per heavy atom. The van der Waals surface area contributed by atoms with E-state index in [1.807, 2.05) is 13.8 Å². The van der Waals surface area contributed by atoms with Crippen LogP contribution in [0.2, 0.25) is 0 Å². The Labute approximate surface area is 152 Å². The summed E-state index contributed by atoms with van der Waals surface area (Å²) in [4.78, 5) is 38.9. The number of hydrogen-bond donors (Lipinski definition) is 3. The zero-order chi connectivity index (χ0) is 19.2. The van der Waals surface area contributed by atoms with Gasteiger partial charge in [-0.15, -0.1) is 0 Å². The Kier molecular flexibility index (Phi) is 3.55. The van der Waals surface area contributed by atoms with Crippen molar-refractivity contribution < 1.29 is 29.7 Å². The lowest BCUT2D eigenvalue weighted by Gasteiger charge is -2.63. The Bertz CT molecular complexity index is 726. The van der Waals surface area contributed by atoms with Crippen molar-refractivity contribution in [3.05, 3.63) is 12.2 Å². The number of carbonyl (C=O) groups excluding carboxylic acids is 3. The maximum atomic E-state index is 13.3. The third-order valence-electron chi connectivity index (χ3n) is 7.95. The minimum absolute atomic E-state index is 0.113. The molecule has 4 saturated carbocycles. The van der Waals surface area contributed by atoms with E-state index in [9.17, 15) is 29.7 Å². The van der Waals surface area contributed by atoms with Gasteiger partial charge in [0.2, 0.25) is 0 Å². The molecule has 6 heteroatoms. The predicted octanol–water partition coefficient (Wildman–Crippen LogP) is 0.425. The lowest BCUT2D eigenvalue weighted by Crippen LogP contribution is -2.74. The van der Waals surface area contributed by atoms with E-state index in [0.717, 1.165) is 6.29 Å². The Balaban J connectivity index is 2.02. The highest BCUT2D eigenvalue weighted by Crippen LogP contribution is 2.69. The topological polar surface area (TPSA) is 112 Å². The Morgan fingerprint density at radius 3 is 2.42 bits per heavy atom. The zero-order valence-electron chi connectivity index (χ0n) is 15.1. The molecule has 0 heterocycles. The van der Waals surface area contributed by atoms with Crippen LogP contribution in [-0.4, -0.2) is 51.5 Å². The van der Waals surface area contributed by atoms with Gasteiger partial charge in [0.25, 0.3) is 0 Å². The Hall–Kier alpha value is -1.37. The molecule has 0 amide bonds. The number of ketones is 2. The van der Waals surface area contributed by atoms with Crippen LogP contribution in [0, 0.1) is 34.0 Å². The van der Waals surface area contributed by atoms with Gasteiger partial charge >= 0.3 is 0 Å². The van der Waals surface area contributed by atoms with Gasteiger partial charge in [0, 0.05) is 23.2 Å².